The molecular formula is C11H18N4O3. The van der Waals surface area contributed by atoms with Gasteiger partial charge in [0.25, 0.3) is 5.91 Å². The summed E-state index contributed by atoms with van der Waals surface area (Å²) in [5.74, 6) is -1.12. The second-order valence-corrected chi connectivity index (χ2v) is 5.07. The molecule has 0 bridgehead atoms. The third-order valence-corrected chi connectivity index (χ3v) is 2.46. The molecule has 0 fully saturated rings. The number of aliphatic carboxylic acids is 1. The third kappa shape index (κ3) is 3.28. The standard InChI is InChI=1S/C11H18N4O3/c1-5-6-12-8(15-14-6)9(16)13-7(10(17)18)11(2,3)4/h7H,5H2,1-4H3,(H,13,16)(H,17,18)(H,12,14,15)/t7-/m0/s1. The van der Waals surface area contributed by atoms with Gasteiger partial charge in [-0.05, 0) is 5.41 Å². The summed E-state index contributed by atoms with van der Waals surface area (Å²) in [6.07, 6.45) is 0.627. The molecule has 0 aliphatic heterocycles. The molecule has 18 heavy (non-hydrogen) atoms. The molecule has 7 heteroatoms. The van der Waals surface area contributed by atoms with Crippen LogP contribution in [0.4, 0.5) is 0 Å². The number of aryl methyl sites for hydroxylation is 1. The Morgan fingerprint density at radius 3 is 2.44 bits per heavy atom. The second kappa shape index (κ2) is 5.16. The maximum absolute atomic E-state index is 11.8. The van der Waals surface area contributed by atoms with E-state index in [1.54, 1.807) is 20.8 Å². The quantitative estimate of drug-likeness (QED) is 0.729. The van der Waals surface area contributed by atoms with E-state index in [9.17, 15) is 9.59 Å². The summed E-state index contributed by atoms with van der Waals surface area (Å²) in [5, 5.41) is 17.9. The lowest BCUT2D eigenvalue weighted by molar-refractivity contribution is -0.142. The molecule has 1 aromatic heterocycles. The fraction of sp³-hybridized carbons (Fsp3) is 0.636. The molecule has 0 aliphatic rings. The Morgan fingerprint density at radius 1 is 1.44 bits per heavy atom. The van der Waals surface area contributed by atoms with Crippen LogP contribution in [0.5, 0.6) is 0 Å². The molecule has 1 rings (SSSR count). The van der Waals surface area contributed by atoms with Crippen LogP contribution < -0.4 is 5.32 Å². The Morgan fingerprint density at radius 2 is 2.06 bits per heavy atom. The Labute approximate surface area is 105 Å². The van der Waals surface area contributed by atoms with Gasteiger partial charge in [0.1, 0.15) is 11.9 Å². The SMILES string of the molecule is CCc1nc(C(=O)N[C@@H](C(=O)O)C(C)(C)C)n[nH]1. The van der Waals surface area contributed by atoms with Crippen molar-refractivity contribution in [1.82, 2.24) is 20.5 Å². The van der Waals surface area contributed by atoms with Crippen molar-refractivity contribution in [2.24, 2.45) is 5.41 Å². The second-order valence-electron chi connectivity index (χ2n) is 5.07. The molecule has 1 heterocycles. The van der Waals surface area contributed by atoms with Crippen molar-refractivity contribution >= 4 is 11.9 Å². The smallest absolute Gasteiger partial charge is 0.326 e. The average Bonchev–Trinajstić information content (AvgIpc) is 2.71. The number of nitrogens with zero attached hydrogens (tertiary/aromatic N) is 2. The molecule has 1 amide bonds. The van der Waals surface area contributed by atoms with E-state index >= 15 is 0 Å². The van der Waals surface area contributed by atoms with Gasteiger partial charge in [-0.1, -0.05) is 27.7 Å². The first-order valence-corrected chi connectivity index (χ1v) is 5.70. The Hall–Kier alpha value is -1.92. The number of hydrogen-bond donors (Lipinski definition) is 3. The minimum absolute atomic E-state index is 0.0395. The molecule has 0 saturated heterocycles. The van der Waals surface area contributed by atoms with Crippen LogP contribution in [0.3, 0.4) is 0 Å². The summed E-state index contributed by atoms with van der Waals surface area (Å²) in [6.45, 7) is 7.09. The fourth-order valence-electron chi connectivity index (χ4n) is 1.40. The molecule has 0 aromatic carbocycles. The average molecular weight is 254 g/mol. The van der Waals surface area contributed by atoms with Crippen LogP contribution in [0.2, 0.25) is 0 Å². The highest BCUT2D eigenvalue weighted by atomic mass is 16.4. The van der Waals surface area contributed by atoms with Gasteiger partial charge in [-0.25, -0.2) is 9.78 Å². The first kappa shape index (κ1) is 14.1. The van der Waals surface area contributed by atoms with Gasteiger partial charge < -0.3 is 10.4 Å². The van der Waals surface area contributed by atoms with E-state index in [0.29, 0.717) is 12.2 Å². The molecule has 1 aromatic rings. The van der Waals surface area contributed by atoms with Gasteiger partial charge in [0.2, 0.25) is 5.82 Å². The van der Waals surface area contributed by atoms with E-state index < -0.39 is 23.3 Å². The summed E-state index contributed by atoms with van der Waals surface area (Å²) in [6, 6.07) is -0.992. The zero-order chi connectivity index (χ0) is 13.9. The lowest BCUT2D eigenvalue weighted by Gasteiger charge is -2.27. The molecule has 0 unspecified atom stereocenters. The summed E-state index contributed by atoms with van der Waals surface area (Å²) in [4.78, 5) is 26.9. The molecular weight excluding hydrogens is 236 g/mol. The van der Waals surface area contributed by atoms with E-state index in [1.807, 2.05) is 6.92 Å². The number of amides is 1. The third-order valence-electron chi connectivity index (χ3n) is 2.46. The van der Waals surface area contributed by atoms with Crippen molar-refractivity contribution in [3.8, 4) is 0 Å². The number of aromatic nitrogens is 3. The molecule has 1 atom stereocenters. The van der Waals surface area contributed by atoms with Crippen LogP contribution in [-0.4, -0.2) is 38.2 Å². The van der Waals surface area contributed by atoms with Crippen molar-refractivity contribution in [3.63, 3.8) is 0 Å². The van der Waals surface area contributed by atoms with Crippen LogP contribution in [0.15, 0.2) is 0 Å². The Balaban J connectivity index is 2.82. The number of aromatic amines is 1. The summed E-state index contributed by atoms with van der Waals surface area (Å²) < 4.78 is 0. The highest BCUT2D eigenvalue weighted by molar-refractivity contribution is 5.93. The van der Waals surface area contributed by atoms with E-state index in [0.717, 1.165) is 0 Å². The number of nitrogens with one attached hydrogen (secondary N) is 2. The molecule has 0 saturated carbocycles. The van der Waals surface area contributed by atoms with Crippen LogP contribution in [0, 0.1) is 5.41 Å². The van der Waals surface area contributed by atoms with Crippen molar-refractivity contribution in [2.45, 2.75) is 40.2 Å². The normalized spacial score (nSPS) is 13.1. The lowest BCUT2D eigenvalue weighted by atomic mass is 9.87. The topological polar surface area (TPSA) is 108 Å². The monoisotopic (exact) mass is 254 g/mol. The van der Waals surface area contributed by atoms with Gasteiger partial charge in [0, 0.05) is 6.42 Å². The molecule has 0 radical (unpaired) electrons. The van der Waals surface area contributed by atoms with Crippen molar-refractivity contribution in [3.05, 3.63) is 11.6 Å². The van der Waals surface area contributed by atoms with Crippen LogP contribution in [0.1, 0.15) is 44.1 Å². The number of H-pyrrole nitrogens is 1. The predicted molar refractivity (Wildman–Crippen MR) is 64.1 cm³/mol. The molecule has 0 spiro atoms. The Kier molecular flexibility index (Phi) is 4.05. The number of carbonyl (C=O) groups is 2. The Bertz CT molecular complexity index is 447. The first-order chi connectivity index (χ1) is 8.25. The number of hydrogen-bond acceptors (Lipinski definition) is 4. The number of rotatable bonds is 4. The van der Waals surface area contributed by atoms with Gasteiger partial charge in [0.05, 0.1) is 0 Å². The number of carboxylic acid groups (broad SMARTS) is 1. The van der Waals surface area contributed by atoms with Gasteiger partial charge in [-0.2, -0.15) is 0 Å². The molecule has 7 nitrogen and oxygen atoms in total. The summed E-state index contributed by atoms with van der Waals surface area (Å²) >= 11 is 0. The number of carboxylic acids is 1. The molecule has 3 N–H and O–H groups in total. The fourth-order valence-corrected chi connectivity index (χ4v) is 1.40. The van der Waals surface area contributed by atoms with Gasteiger partial charge in [-0.3, -0.25) is 9.89 Å². The number of carbonyl (C=O) groups excluding carboxylic acids is 1. The highest BCUT2D eigenvalue weighted by Gasteiger charge is 2.33. The minimum Gasteiger partial charge on any atom is -0.480 e. The highest BCUT2D eigenvalue weighted by Crippen LogP contribution is 2.19. The van der Waals surface area contributed by atoms with Crippen molar-refractivity contribution in [1.29, 1.82) is 0 Å². The van der Waals surface area contributed by atoms with Crippen LogP contribution >= 0.6 is 0 Å². The van der Waals surface area contributed by atoms with Gasteiger partial charge in [0.15, 0.2) is 0 Å². The maximum Gasteiger partial charge on any atom is 0.326 e. The minimum atomic E-state index is -1.08. The van der Waals surface area contributed by atoms with E-state index in [1.165, 1.54) is 0 Å². The molecule has 100 valence electrons. The zero-order valence-electron chi connectivity index (χ0n) is 10.9. The van der Waals surface area contributed by atoms with Crippen LogP contribution in [-0.2, 0) is 11.2 Å². The lowest BCUT2D eigenvalue weighted by Crippen LogP contribution is -2.49. The maximum atomic E-state index is 11.8. The largest absolute Gasteiger partial charge is 0.480 e. The summed E-state index contributed by atoms with van der Waals surface area (Å²) in [7, 11) is 0. The summed E-state index contributed by atoms with van der Waals surface area (Å²) in [5.41, 5.74) is -0.592. The van der Waals surface area contributed by atoms with E-state index in [2.05, 4.69) is 20.5 Å². The van der Waals surface area contributed by atoms with Crippen LogP contribution in [0.25, 0.3) is 0 Å². The van der Waals surface area contributed by atoms with Gasteiger partial charge in [-0.15, -0.1) is 5.10 Å². The van der Waals surface area contributed by atoms with Crippen molar-refractivity contribution in [2.75, 3.05) is 0 Å². The molecule has 0 aliphatic carbocycles. The van der Waals surface area contributed by atoms with Crippen molar-refractivity contribution < 1.29 is 14.7 Å². The van der Waals surface area contributed by atoms with Gasteiger partial charge >= 0.3 is 5.97 Å². The van der Waals surface area contributed by atoms with E-state index in [-0.39, 0.29) is 5.82 Å². The zero-order valence-corrected chi connectivity index (χ0v) is 10.9. The predicted octanol–water partition coefficient (Wildman–Crippen LogP) is 0.596. The first-order valence-electron chi connectivity index (χ1n) is 5.70. The van der Waals surface area contributed by atoms with E-state index in [4.69, 9.17) is 5.11 Å².